The molecule has 1 aromatic carbocycles. The Labute approximate surface area is 127 Å². The van der Waals surface area contributed by atoms with Crippen molar-refractivity contribution in [3.05, 3.63) is 33.3 Å². The van der Waals surface area contributed by atoms with Crippen LogP contribution in [0.1, 0.15) is 23.2 Å². The molecule has 1 amide bonds. The van der Waals surface area contributed by atoms with Crippen molar-refractivity contribution in [1.82, 2.24) is 4.90 Å². The number of hydrogen-bond donors (Lipinski definition) is 0. The molecule has 104 valence electrons. The van der Waals surface area contributed by atoms with Crippen molar-refractivity contribution in [2.75, 3.05) is 26.8 Å². The van der Waals surface area contributed by atoms with Gasteiger partial charge in [0, 0.05) is 36.8 Å². The molecule has 1 heterocycles. The molecule has 1 saturated heterocycles. The maximum Gasteiger partial charge on any atom is 0.253 e. The van der Waals surface area contributed by atoms with Gasteiger partial charge in [-0.2, -0.15) is 0 Å². The van der Waals surface area contributed by atoms with E-state index in [4.69, 9.17) is 16.3 Å². The minimum absolute atomic E-state index is 0.0147. The molecule has 0 atom stereocenters. The Hall–Kier alpha value is -0.580. The topological polar surface area (TPSA) is 29.5 Å². The van der Waals surface area contributed by atoms with E-state index in [-0.39, 0.29) is 5.91 Å². The van der Waals surface area contributed by atoms with Gasteiger partial charge in [0.1, 0.15) is 0 Å². The van der Waals surface area contributed by atoms with Crippen molar-refractivity contribution in [1.29, 1.82) is 0 Å². The van der Waals surface area contributed by atoms with E-state index in [9.17, 15) is 4.79 Å². The van der Waals surface area contributed by atoms with Crippen molar-refractivity contribution < 1.29 is 9.53 Å². The minimum Gasteiger partial charge on any atom is -0.381 e. The van der Waals surface area contributed by atoms with Crippen LogP contribution >= 0.6 is 27.5 Å². The predicted molar refractivity (Wildman–Crippen MR) is 79.7 cm³/mol. The van der Waals surface area contributed by atoms with Crippen LogP contribution in [0.2, 0.25) is 5.02 Å². The van der Waals surface area contributed by atoms with Crippen molar-refractivity contribution in [3.8, 4) is 0 Å². The third kappa shape index (κ3) is 3.94. The van der Waals surface area contributed by atoms with Gasteiger partial charge in [-0.1, -0.05) is 11.6 Å². The molecule has 0 spiro atoms. The summed E-state index contributed by atoms with van der Waals surface area (Å²) in [5.74, 6) is 0.550. The summed E-state index contributed by atoms with van der Waals surface area (Å²) < 4.78 is 6.13. The lowest BCUT2D eigenvalue weighted by Crippen LogP contribution is -2.34. The van der Waals surface area contributed by atoms with Crippen molar-refractivity contribution in [2.24, 2.45) is 5.92 Å². The molecule has 1 aliphatic heterocycles. The summed E-state index contributed by atoms with van der Waals surface area (Å²) in [6, 6.07) is 5.30. The summed E-state index contributed by atoms with van der Waals surface area (Å²) in [7, 11) is 1.84. The molecule has 1 aromatic rings. The van der Waals surface area contributed by atoms with Crippen LogP contribution in [0.25, 0.3) is 0 Å². The molecule has 19 heavy (non-hydrogen) atoms. The molecule has 0 saturated carbocycles. The van der Waals surface area contributed by atoms with Crippen molar-refractivity contribution >= 4 is 33.4 Å². The second-order valence-corrected chi connectivity index (χ2v) is 6.13. The molecule has 0 unspecified atom stereocenters. The molecule has 2 rings (SSSR count). The number of halogens is 2. The fraction of sp³-hybridized carbons (Fsp3) is 0.500. The van der Waals surface area contributed by atoms with Crippen LogP contribution in [-0.2, 0) is 4.74 Å². The van der Waals surface area contributed by atoms with Crippen LogP contribution < -0.4 is 0 Å². The summed E-state index contributed by atoms with van der Waals surface area (Å²) >= 11 is 9.34. The molecule has 0 N–H and O–H groups in total. The van der Waals surface area contributed by atoms with Gasteiger partial charge in [0.2, 0.25) is 0 Å². The molecule has 5 heteroatoms. The Balaban J connectivity index is 1.99. The average molecular weight is 347 g/mol. The van der Waals surface area contributed by atoms with Gasteiger partial charge in [0.05, 0.1) is 5.02 Å². The van der Waals surface area contributed by atoms with Crippen LogP contribution in [0.4, 0.5) is 0 Å². The fourth-order valence-corrected chi connectivity index (χ4v) is 2.68. The second kappa shape index (κ2) is 6.73. The first-order valence-corrected chi connectivity index (χ1v) is 7.53. The molecular formula is C14H17BrClNO2. The summed E-state index contributed by atoms with van der Waals surface area (Å²) in [5.41, 5.74) is 0.628. The summed E-state index contributed by atoms with van der Waals surface area (Å²) in [6.45, 7) is 2.38. The quantitative estimate of drug-likeness (QED) is 0.837. The Morgan fingerprint density at radius 3 is 2.79 bits per heavy atom. The molecule has 1 fully saturated rings. The van der Waals surface area contributed by atoms with Gasteiger partial charge in [-0.15, -0.1) is 0 Å². The van der Waals surface area contributed by atoms with E-state index in [0.29, 0.717) is 16.5 Å². The maximum atomic E-state index is 12.3. The first-order chi connectivity index (χ1) is 9.08. The Bertz CT molecular complexity index is 461. The van der Waals surface area contributed by atoms with Crippen LogP contribution in [0.5, 0.6) is 0 Å². The average Bonchev–Trinajstić information content (AvgIpc) is 2.42. The molecule has 0 aromatic heterocycles. The SMILES string of the molecule is CN(CC1CCOCC1)C(=O)c1ccc(Br)c(Cl)c1. The van der Waals surface area contributed by atoms with E-state index in [0.717, 1.165) is 37.1 Å². The summed E-state index contributed by atoms with van der Waals surface area (Å²) in [5, 5.41) is 0.560. The zero-order valence-electron chi connectivity index (χ0n) is 10.9. The Morgan fingerprint density at radius 2 is 2.16 bits per heavy atom. The largest absolute Gasteiger partial charge is 0.381 e. The van der Waals surface area contributed by atoms with Crippen LogP contribution in [0.3, 0.4) is 0 Å². The Kier molecular flexibility index (Phi) is 5.25. The number of hydrogen-bond acceptors (Lipinski definition) is 2. The first kappa shape index (κ1) is 14.8. The van der Waals surface area contributed by atoms with Gasteiger partial charge in [0.25, 0.3) is 5.91 Å². The van der Waals surface area contributed by atoms with Crippen molar-refractivity contribution in [2.45, 2.75) is 12.8 Å². The highest BCUT2D eigenvalue weighted by Crippen LogP contribution is 2.24. The normalized spacial score (nSPS) is 16.4. The van der Waals surface area contributed by atoms with E-state index in [2.05, 4.69) is 15.9 Å². The Morgan fingerprint density at radius 1 is 1.47 bits per heavy atom. The van der Waals surface area contributed by atoms with Gasteiger partial charge in [-0.25, -0.2) is 0 Å². The lowest BCUT2D eigenvalue weighted by Gasteiger charge is -2.27. The number of ether oxygens (including phenoxy) is 1. The predicted octanol–water partition coefficient (Wildman–Crippen LogP) is 3.60. The highest BCUT2D eigenvalue weighted by molar-refractivity contribution is 9.10. The van der Waals surface area contributed by atoms with E-state index < -0.39 is 0 Å². The zero-order chi connectivity index (χ0) is 13.8. The van der Waals surface area contributed by atoms with Gasteiger partial charge in [-0.3, -0.25) is 4.79 Å². The lowest BCUT2D eigenvalue weighted by molar-refractivity contribution is 0.0497. The molecule has 3 nitrogen and oxygen atoms in total. The highest BCUT2D eigenvalue weighted by atomic mass is 79.9. The second-order valence-electron chi connectivity index (χ2n) is 4.87. The zero-order valence-corrected chi connectivity index (χ0v) is 13.2. The molecule has 0 bridgehead atoms. The van der Waals surface area contributed by atoms with Gasteiger partial charge < -0.3 is 9.64 Å². The van der Waals surface area contributed by atoms with E-state index in [1.54, 1.807) is 23.1 Å². The number of carbonyl (C=O) groups is 1. The van der Waals surface area contributed by atoms with Crippen LogP contribution in [0, 0.1) is 5.92 Å². The lowest BCUT2D eigenvalue weighted by atomic mass is 9.99. The summed E-state index contributed by atoms with van der Waals surface area (Å²) in [4.78, 5) is 14.1. The van der Waals surface area contributed by atoms with E-state index in [1.807, 2.05) is 7.05 Å². The molecule has 0 radical (unpaired) electrons. The standard InChI is InChI=1S/C14H17BrClNO2/c1-17(9-10-4-6-19-7-5-10)14(18)11-2-3-12(15)13(16)8-11/h2-3,8,10H,4-7,9H2,1H3. The van der Waals surface area contributed by atoms with Gasteiger partial charge in [0.15, 0.2) is 0 Å². The van der Waals surface area contributed by atoms with Crippen molar-refractivity contribution in [3.63, 3.8) is 0 Å². The number of rotatable bonds is 3. The minimum atomic E-state index is 0.0147. The van der Waals surface area contributed by atoms with Gasteiger partial charge in [-0.05, 0) is 52.9 Å². The number of nitrogens with zero attached hydrogens (tertiary/aromatic N) is 1. The van der Waals surface area contributed by atoms with Gasteiger partial charge >= 0.3 is 0 Å². The number of benzene rings is 1. The van der Waals surface area contributed by atoms with Crippen LogP contribution in [0.15, 0.2) is 22.7 Å². The maximum absolute atomic E-state index is 12.3. The third-order valence-corrected chi connectivity index (χ3v) is 4.62. The molecule has 0 aliphatic carbocycles. The van der Waals surface area contributed by atoms with E-state index >= 15 is 0 Å². The summed E-state index contributed by atoms with van der Waals surface area (Å²) in [6.07, 6.45) is 2.05. The smallest absolute Gasteiger partial charge is 0.253 e. The fourth-order valence-electron chi connectivity index (χ4n) is 2.25. The first-order valence-electron chi connectivity index (χ1n) is 6.36. The van der Waals surface area contributed by atoms with Crippen LogP contribution in [-0.4, -0.2) is 37.6 Å². The molecular weight excluding hydrogens is 330 g/mol. The molecule has 1 aliphatic rings. The van der Waals surface area contributed by atoms with E-state index in [1.165, 1.54) is 0 Å². The number of amides is 1. The number of carbonyl (C=O) groups excluding carboxylic acids is 1. The highest BCUT2D eigenvalue weighted by Gasteiger charge is 2.19. The monoisotopic (exact) mass is 345 g/mol. The third-order valence-electron chi connectivity index (χ3n) is 3.39.